The molecule has 150 valence electrons. The van der Waals surface area contributed by atoms with Gasteiger partial charge in [-0.1, -0.05) is 48.3 Å². The van der Waals surface area contributed by atoms with Crippen LogP contribution in [0.1, 0.15) is 54.9 Å². The fourth-order valence-corrected chi connectivity index (χ4v) is 3.55. The highest BCUT2D eigenvalue weighted by Crippen LogP contribution is 2.23. The van der Waals surface area contributed by atoms with Crippen molar-refractivity contribution in [3.05, 3.63) is 60.1 Å². The summed E-state index contributed by atoms with van der Waals surface area (Å²) in [4.78, 5) is 23.6. The minimum absolute atomic E-state index is 0.0454. The van der Waals surface area contributed by atoms with Crippen molar-refractivity contribution < 1.29 is 9.32 Å². The molecule has 1 aromatic carbocycles. The van der Waals surface area contributed by atoms with Crippen LogP contribution in [0, 0.1) is 0 Å². The van der Waals surface area contributed by atoms with Crippen molar-refractivity contribution in [3.63, 3.8) is 0 Å². The van der Waals surface area contributed by atoms with Crippen LogP contribution in [0.25, 0.3) is 11.4 Å². The Morgan fingerprint density at radius 3 is 2.62 bits per heavy atom. The van der Waals surface area contributed by atoms with E-state index in [1.165, 1.54) is 25.7 Å². The van der Waals surface area contributed by atoms with Gasteiger partial charge in [0.1, 0.15) is 5.82 Å². The van der Waals surface area contributed by atoms with Gasteiger partial charge in [0.15, 0.2) is 0 Å². The lowest BCUT2D eigenvalue weighted by Crippen LogP contribution is -2.26. The van der Waals surface area contributed by atoms with E-state index in [0.717, 1.165) is 30.0 Å². The molecule has 1 amide bonds. The number of amides is 1. The average molecular weight is 391 g/mol. The summed E-state index contributed by atoms with van der Waals surface area (Å²) in [5, 5.41) is 6.89. The molecule has 0 spiro atoms. The van der Waals surface area contributed by atoms with Crippen LogP contribution in [0.15, 0.2) is 53.2 Å². The van der Waals surface area contributed by atoms with E-state index in [9.17, 15) is 4.79 Å². The van der Waals surface area contributed by atoms with Gasteiger partial charge in [-0.3, -0.25) is 4.79 Å². The molecule has 1 aliphatic heterocycles. The van der Waals surface area contributed by atoms with E-state index >= 15 is 0 Å². The topological polar surface area (TPSA) is 84.2 Å². The van der Waals surface area contributed by atoms with E-state index in [4.69, 9.17) is 4.52 Å². The molecule has 7 nitrogen and oxygen atoms in total. The Kier molecular flexibility index (Phi) is 5.84. The van der Waals surface area contributed by atoms with Gasteiger partial charge < -0.3 is 14.7 Å². The van der Waals surface area contributed by atoms with Crippen LogP contribution in [-0.4, -0.2) is 34.1 Å². The summed E-state index contributed by atoms with van der Waals surface area (Å²) in [6.07, 6.45) is 6.64. The minimum Gasteiger partial charge on any atom is -0.357 e. The molecule has 0 saturated carbocycles. The normalized spacial score (nSPS) is 15.6. The highest BCUT2D eigenvalue weighted by molar-refractivity contribution is 5.90. The maximum atomic E-state index is 12.5. The smallest absolute Gasteiger partial charge is 0.316 e. The van der Waals surface area contributed by atoms with Crippen LogP contribution < -0.4 is 10.2 Å². The number of benzene rings is 1. The summed E-state index contributed by atoms with van der Waals surface area (Å²) in [5.41, 5.74) is 1.80. The summed E-state index contributed by atoms with van der Waals surface area (Å²) in [5.74, 6) is 0.872. The number of rotatable bonds is 5. The van der Waals surface area contributed by atoms with Crippen LogP contribution in [0.2, 0.25) is 0 Å². The molecule has 0 bridgehead atoms. The highest BCUT2D eigenvalue weighted by atomic mass is 16.5. The second kappa shape index (κ2) is 8.86. The van der Waals surface area contributed by atoms with Crippen molar-refractivity contribution in [2.45, 2.75) is 38.6 Å². The fraction of sp³-hybridized carbons (Fsp3) is 0.364. The molecule has 1 N–H and O–H groups in total. The number of carbonyl (C=O) groups is 1. The predicted molar refractivity (Wildman–Crippen MR) is 111 cm³/mol. The molecule has 3 aromatic rings. The number of pyridine rings is 1. The Bertz CT molecular complexity index is 949. The van der Waals surface area contributed by atoms with E-state index in [0.29, 0.717) is 5.82 Å². The molecule has 1 aliphatic rings. The quantitative estimate of drug-likeness (QED) is 0.708. The largest absolute Gasteiger partial charge is 0.357 e. The predicted octanol–water partition coefficient (Wildman–Crippen LogP) is 4.00. The molecule has 1 fully saturated rings. The Morgan fingerprint density at radius 2 is 1.86 bits per heavy atom. The maximum absolute atomic E-state index is 12.5. The Labute approximate surface area is 170 Å². The van der Waals surface area contributed by atoms with Crippen molar-refractivity contribution in [2.24, 2.45) is 0 Å². The highest BCUT2D eigenvalue weighted by Gasteiger charge is 2.19. The van der Waals surface area contributed by atoms with Crippen molar-refractivity contribution >= 4 is 11.7 Å². The number of hydrogen-bond donors (Lipinski definition) is 1. The van der Waals surface area contributed by atoms with Gasteiger partial charge in [0.25, 0.3) is 0 Å². The Balaban J connectivity index is 1.47. The zero-order valence-electron chi connectivity index (χ0n) is 16.5. The zero-order chi connectivity index (χ0) is 20.1. The maximum Gasteiger partial charge on any atom is 0.316 e. The summed E-state index contributed by atoms with van der Waals surface area (Å²) in [6.45, 7) is 3.93. The lowest BCUT2D eigenvalue weighted by Gasteiger charge is -2.21. The molecule has 1 atom stereocenters. The first-order valence-electron chi connectivity index (χ1n) is 10.1. The summed E-state index contributed by atoms with van der Waals surface area (Å²) in [6, 6.07) is 13.4. The number of nitrogens with one attached hydrogen (secondary N) is 1. The van der Waals surface area contributed by atoms with Gasteiger partial charge in [-0.2, -0.15) is 4.98 Å². The van der Waals surface area contributed by atoms with E-state index in [1.807, 2.05) is 49.4 Å². The second-order valence-corrected chi connectivity index (χ2v) is 7.33. The first-order chi connectivity index (χ1) is 14.2. The minimum atomic E-state index is -0.387. The van der Waals surface area contributed by atoms with Gasteiger partial charge in [0.05, 0.1) is 6.04 Å². The first-order valence-corrected chi connectivity index (χ1v) is 10.1. The van der Waals surface area contributed by atoms with Crippen LogP contribution in [0.3, 0.4) is 0 Å². The molecule has 4 rings (SSSR count). The molecule has 2 aromatic heterocycles. The zero-order valence-corrected chi connectivity index (χ0v) is 16.5. The van der Waals surface area contributed by atoms with Crippen molar-refractivity contribution in [1.82, 2.24) is 20.4 Å². The summed E-state index contributed by atoms with van der Waals surface area (Å²) >= 11 is 0. The van der Waals surface area contributed by atoms with Gasteiger partial charge in [0, 0.05) is 24.8 Å². The lowest BCUT2D eigenvalue weighted by atomic mass is 10.1. The molecule has 7 heteroatoms. The molecule has 0 unspecified atom stereocenters. The first kappa shape index (κ1) is 19.1. The summed E-state index contributed by atoms with van der Waals surface area (Å²) < 4.78 is 5.22. The molecular weight excluding hydrogens is 366 g/mol. The Hall–Kier alpha value is -3.22. The third-order valence-electron chi connectivity index (χ3n) is 5.20. The van der Waals surface area contributed by atoms with E-state index < -0.39 is 0 Å². The SMILES string of the molecule is C[C@H](NC(=O)c1nc(-c2ccnc(N3CCCCCC3)c2)no1)c1ccccc1. The number of carbonyl (C=O) groups excluding carboxylic acids is 1. The van der Waals surface area contributed by atoms with Gasteiger partial charge in [-0.05, 0) is 37.5 Å². The monoisotopic (exact) mass is 391 g/mol. The van der Waals surface area contributed by atoms with Crippen LogP contribution in [0.5, 0.6) is 0 Å². The Morgan fingerprint density at radius 1 is 1.10 bits per heavy atom. The van der Waals surface area contributed by atoms with Crippen molar-refractivity contribution in [3.8, 4) is 11.4 Å². The van der Waals surface area contributed by atoms with Gasteiger partial charge in [0.2, 0.25) is 5.82 Å². The van der Waals surface area contributed by atoms with E-state index in [2.05, 4.69) is 25.3 Å². The second-order valence-electron chi connectivity index (χ2n) is 7.33. The number of hydrogen-bond acceptors (Lipinski definition) is 6. The van der Waals surface area contributed by atoms with Gasteiger partial charge >= 0.3 is 11.8 Å². The van der Waals surface area contributed by atoms with E-state index in [1.54, 1.807) is 6.20 Å². The average Bonchev–Trinajstić information content (AvgIpc) is 3.10. The van der Waals surface area contributed by atoms with Crippen molar-refractivity contribution in [2.75, 3.05) is 18.0 Å². The van der Waals surface area contributed by atoms with Gasteiger partial charge in [-0.15, -0.1) is 0 Å². The molecule has 0 aliphatic carbocycles. The molecule has 3 heterocycles. The fourth-order valence-electron chi connectivity index (χ4n) is 3.55. The number of aromatic nitrogens is 3. The third kappa shape index (κ3) is 4.62. The standard InChI is InChI=1S/C22H25N5O2/c1-16(17-9-5-4-6-10-17)24-21(28)22-25-20(26-29-22)18-11-12-23-19(15-18)27-13-7-2-3-8-14-27/h4-6,9-12,15-16H,2-3,7-8,13-14H2,1H3,(H,24,28)/t16-/m0/s1. The third-order valence-corrected chi connectivity index (χ3v) is 5.20. The number of nitrogens with zero attached hydrogens (tertiary/aromatic N) is 4. The number of anilines is 1. The molecule has 29 heavy (non-hydrogen) atoms. The molecular formula is C22H25N5O2. The van der Waals surface area contributed by atoms with Crippen molar-refractivity contribution in [1.29, 1.82) is 0 Å². The van der Waals surface area contributed by atoms with Crippen LogP contribution >= 0.6 is 0 Å². The molecule has 0 radical (unpaired) electrons. The van der Waals surface area contributed by atoms with Gasteiger partial charge in [-0.25, -0.2) is 4.98 Å². The lowest BCUT2D eigenvalue weighted by molar-refractivity contribution is 0.0895. The molecule has 1 saturated heterocycles. The summed E-state index contributed by atoms with van der Waals surface area (Å²) in [7, 11) is 0. The van der Waals surface area contributed by atoms with Crippen LogP contribution in [0.4, 0.5) is 5.82 Å². The van der Waals surface area contributed by atoms with E-state index in [-0.39, 0.29) is 17.8 Å². The van der Waals surface area contributed by atoms with Crippen LogP contribution in [-0.2, 0) is 0 Å².